The molecule has 0 spiro atoms. The highest BCUT2D eigenvalue weighted by molar-refractivity contribution is 5.80. The van der Waals surface area contributed by atoms with E-state index in [9.17, 15) is 4.79 Å². The Kier molecular flexibility index (Phi) is 3.83. The van der Waals surface area contributed by atoms with Crippen molar-refractivity contribution < 1.29 is 9.53 Å². The standard InChI is InChI=1S/C16H21NO2/c18-15-11-13-7-8-14(12-15)17(13)9-4-10-19-16-5-2-1-3-6-16/h1-3,5-6,13-14H,4,7-12H2. The number of rotatable bonds is 5. The maximum atomic E-state index is 11.5. The van der Waals surface area contributed by atoms with Crippen LogP contribution in [0.1, 0.15) is 32.1 Å². The molecule has 0 aromatic heterocycles. The molecule has 0 radical (unpaired) electrons. The maximum Gasteiger partial charge on any atom is 0.136 e. The second-order valence-electron chi connectivity index (χ2n) is 5.58. The number of para-hydroxylation sites is 1. The maximum absolute atomic E-state index is 11.5. The molecule has 2 fully saturated rings. The van der Waals surface area contributed by atoms with E-state index in [0.29, 0.717) is 17.9 Å². The van der Waals surface area contributed by atoms with E-state index in [0.717, 1.165) is 38.2 Å². The van der Waals surface area contributed by atoms with Crippen LogP contribution in [0.5, 0.6) is 5.75 Å². The molecule has 2 bridgehead atoms. The number of ether oxygens (including phenoxy) is 1. The summed E-state index contributed by atoms with van der Waals surface area (Å²) in [7, 11) is 0. The molecule has 102 valence electrons. The van der Waals surface area contributed by atoms with Gasteiger partial charge in [0.1, 0.15) is 11.5 Å². The van der Waals surface area contributed by atoms with E-state index in [1.165, 1.54) is 12.8 Å². The van der Waals surface area contributed by atoms with Gasteiger partial charge in [0.15, 0.2) is 0 Å². The lowest BCUT2D eigenvalue weighted by molar-refractivity contribution is -0.123. The molecule has 1 aromatic rings. The van der Waals surface area contributed by atoms with E-state index >= 15 is 0 Å². The van der Waals surface area contributed by atoms with Gasteiger partial charge in [-0.1, -0.05) is 18.2 Å². The average molecular weight is 259 g/mol. The average Bonchev–Trinajstić information content (AvgIpc) is 2.67. The molecule has 0 amide bonds. The van der Waals surface area contributed by atoms with Crippen LogP contribution in [0.3, 0.4) is 0 Å². The third-order valence-corrected chi connectivity index (χ3v) is 4.27. The Morgan fingerprint density at radius 3 is 2.47 bits per heavy atom. The van der Waals surface area contributed by atoms with E-state index in [-0.39, 0.29) is 0 Å². The Labute approximate surface area is 114 Å². The van der Waals surface area contributed by atoms with Crippen LogP contribution < -0.4 is 4.74 Å². The first-order chi connectivity index (χ1) is 9.33. The van der Waals surface area contributed by atoms with Crippen LogP contribution in [0.4, 0.5) is 0 Å². The van der Waals surface area contributed by atoms with Crippen LogP contribution in [0.2, 0.25) is 0 Å². The number of fused-ring (bicyclic) bond motifs is 2. The van der Waals surface area contributed by atoms with Crippen LogP contribution in [0.25, 0.3) is 0 Å². The molecule has 2 aliphatic rings. The molecule has 0 saturated carbocycles. The van der Waals surface area contributed by atoms with Crippen molar-refractivity contribution in [2.75, 3.05) is 13.2 Å². The zero-order valence-corrected chi connectivity index (χ0v) is 11.3. The minimum Gasteiger partial charge on any atom is -0.494 e. The summed E-state index contributed by atoms with van der Waals surface area (Å²) in [6, 6.07) is 11.0. The lowest BCUT2D eigenvalue weighted by Crippen LogP contribution is -2.43. The molecule has 1 aromatic carbocycles. The van der Waals surface area contributed by atoms with Gasteiger partial charge in [0.2, 0.25) is 0 Å². The normalized spacial score (nSPS) is 26.6. The largest absolute Gasteiger partial charge is 0.494 e. The van der Waals surface area contributed by atoms with Crippen molar-refractivity contribution in [3.63, 3.8) is 0 Å². The fourth-order valence-corrected chi connectivity index (χ4v) is 3.38. The molecular formula is C16H21NO2. The van der Waals surface area contributed by atoms with Crippen molar-refractivity contribution in [1.29, 1.82) is 0 Å². The summed E-state index contributed by atoms with van der Waals surface area (Å²) in [6.07, 6.45) is 4.99. The molecule has 19 heavy (non-hydrogen) atoms. The van der Waals surface area contributed by atoms with Gasteiger partial charge in [0.05, 0.1) is 6.61 Å². The summed E-state index contributed by atoms with van der Waals surface area (Å²) in [6.45, 7) is 1.82. The van der Waals surface area contributed by atoms with Crippen LogP contribution in [0.15, 0.2) is 30.3 Å². The first-order valence-corrected chi connectivity index (χ1v) is 7.28. The van der Waals surface area contributed by atoms with E-state index < -0.39 is 0 Å². The number of hydrogen-bond acceptors (Lipinski definition) is 3. The lowest BCUT2D eigenvalue weighted by atomic mass is 10.0. The zero-order valence-electron chi connectivity index (χ0n) is 11.3. The molecule has 2 saturated heterocycles. The van der Waals surface area contributed by atoms with Crippen molar-refractivity contribution in [2.24, 2.45) is 0 Å². The Morgan fingerprint density at radius 2 is 1.79 bits per heavy atom. The van der Waals surface area contributed by atoms with Gasteiger partial charge >= 0.3 is 0 Å². The highest BCUT2D eigenvalue weighted by atomic mass is 16.5. The Morgan fingerprint density at radius 1 is 1.11 bits per heavy atom. The second kappa shape index (κ2) is 5.74. The van der Waals surface area contributed by atoms with E-state index in [1.807, 2.05) is 30.3 Å². The number of hydrogen-bond donors (Lipinski definition) is 0. The van der Waals surface area contributed by atoms with Gasteiger partial charge in [0, 0.05) is 31.5 Å². The van der Waals surface area contributed by atoms with Crippen molar-refractivity contribution >= 4 is 5.78 Å². The molecule has 3 heteroatoms. The minimum absolute atomic E-state index is 0.462. The van der Waals surface area contributed by atoms with Gasteiger partial charge in [-0.3, -0.25) is 9.69 Å². The summed E-state index contributed by atoms with van der Waals surface area (Å²) < 4.78 is 5.72. The minimum atomic E-state index is 0.462. The smallest absolute Gasteiger partial charge is 0.136 e. The number of ketones is 1. The van der Waals surface area contributed by atoms with Gasteiger partial charge < -0.3 is 4.74 Å². The van der Waals surface area contributed by atoms with Crippen molar-refractivity contribution in [2.45, 2.75) is 44.2 Å². The first kappa shape index (κ1) is 12.7. The molecule has 3 nitrogen and oxygen atoms in total. The predicted molar refractivity (Wildman–Crippen MR) is 74.3 cm³/mol. The SMILES string of the molecule is O=C1CC2CCC(C1)N2CCCOc1ccccc1. The summed E-state index contributed by atoms with van der Waals surface area (Å²) >= 11 is 0. The van der Waals surface area contributed by atoms with Crippen LogP contribution in [0, 0.1) is 0 Å². The molecular weight excluding hydrogens is 238 g/mol. The number of nitrogens with zero attached hydrogens (tertiary/aromatic N) is 1. The molecule has 2 atom stereocenters. The lowest BCUT2D eigenvalue weighted by Gasteiger charge is -2.33. The van der Waals surface area contributed by atoms with E-state index in [4.69, 9.17) is 4.74 Å². The zero-order chi connectivity index (χ0) is 13.1. The number of benzene rings is 1. The molecule has 0 N–H and O–H groups in total. The number of Topliss-reactive ketones (excluding diaryl/α,β-unsaturated/α-hetero) is 1. The Hall–Kier alpha value is -1.35. The van der Waals surface area contributed by atoms with Gasteiger partial charge in [0.25, 0.3) is 0 Å². The van der Waals surface area contributed by atoms with Crippen molar-refractivity contribution in [3.05, 3.63) is 30.3 Å². The van der Waals surface area contributed by atoms with Crippen LogP contribution in [-0.2, 0) is 4.79 Å². The predicted octanol–water partition coefficient (Wildman–Crippen LogP) is 2.65. The number of piperidine rings is 1. The number of carbonyl (C=O) groups is 1. The van der Waals surface area contributed by atoms with Gasteiger partial charge in [-0.15, -0.1) is 0 Å². The molecule has 2 heterocycles. The van der Waals surface area contributed by atoms with E-state index in [1.54, 1.807) is 0 Å². The van der Waals surface area contributed by atoms with Gasteiger partial charge in [-0.2, -0.15) is 0 Å². The quantitative estimate of drug-likeness (QED) is 0.761. The third-order valence-electron chi connectivity index (χ3n) is 4.27. The highest BCUT2D eigenvalue weighted by Crippen LogP contribution is 2.33. The number of carbonyl (C=O) groups excluding carboxylic acids is 1. The molecule has 2 aliphatic heterocycles. The fraction of sp³-hybridized carbons (Fsp3) is 0.562. The third kappa shape index (κ3) is 2.98. The molecule has 2 unspecified atom stereocenters. The summed E-state index contributed by atoms with van der Waals surface area (Å²) in [5.41, 5.74) is 0. The van der Waals surface area contributed by atoms with Crippen LogP contribution in [-0.4, -0.2) is 35.9 Å². The Bertz CT molecular complexity index is 416. The molecule has 0 aliphatic carbocycles. The monoisotopic (exact) mass is 259 g/mol. The van der Waals surface area contributed by atoms with Crippen molar-refractivity contribution in [3.8, 4) is 5.75 Å². The summed E-state index contributed by atoms with van der Waals surface area (Å²) in [5.74, 6) is 1.41. The Balaban J connectivity index is 1.42. The van der Waals surface area contributed by atoms with Crippen LogP contribution >= 0.6 is 0 Å². The van der Waals surface area contributed by atoms with Gasteiger partial charge in [-0.05, 0) is 31.4 Å². The summed E-state index contributed by atoms with van der Waals surface area (Å²) in [4.78, 5) is 14.1. The fourth-order valence-electron chi connectivity index (χ4n) is 3.38. The highest BCUT2D eigenvalue weighted by Gasteiger charge is 2.39. The molecule has 3 rings (SSSR count). The van der Waals surface area contributed by atoms with Gasteiger partial charge in [-0.25, -0.2) is 0 Å². The topological polar surface area (TPSA) is 29.5 Å². The van der Waals surface area contributed by atoms with Crippen molar-refractivity contribution in [1.82, 2.24) is 4.90 Å². The first-order valence-electron chi connectivity index (χ1n) is 7.28. The summed E-state index contributed by atoms with van der Waals surface area (Å²) in [5, 5.41) is 0. The second-order valence-corrected chi connectivity index (χ2v) is 5.58. The van der Waals surface area contributed by atoms with E-state index in [2.05, 4.69) is 4.90 Å².